The summed E-state index contributed by atoms with van der Waals surface area (Å²) >= 11 is 0. The molecule has 1 heteroatoms. The Morgan fingerprint density at radius 2 is 1.78 bits per heavy atom. The molecule has 0 saturated heterocycles. The van der Waals surface area contributed by atoms with E-state index < -0.39 is 0 Å². The van der Waals surface area contributed by atoms with Crippen molar-refractivity contribution in [2.75, 3.05) is 0 Å². The van der Waals surface area contributed by atoms with E-state index in [1.54, 1.807) is 0 Å². The molecule has 0 aromatic heterocycles. The minimum Gasteiger partial charge on any atom is -0.324 e. The number of rotatable bonds is 1. The molecule has 0 fully saturated rings. The van der Waals surface area contributed by atoms with Crippen LogP contribution in [-0.2, 0) is 0 Å². The summed E-state index contributed by atoms with van der Waals surface area (Å²) in [7, 11) is 0. The molecular weight excluding hydrogens is 110 g/mol. The lowest BCUT2D eigenvalue weighted by atomic mass is 10.1. The second kappa shape index (κ2) is 2.65. The molecule has 0 unspecified atom stereocenters. The fourth-order valence-corrected chi connectivity index (χ4v) is 0.700. The maximum Gasteiger partial charge on any atom is 0.0295 e. The monoisotopic (exact) mass is 120 g/mol. The van der Waals surface area contributed by atoms with Crippen molar-refractivity contribution in [2.24, 2.45) is 5.73 Å². The fraction of sp³-hybridized carbons (Fsp3) is 0.125. The van der Waals surface area contributed by atoms with Gasteiger partial charge in [0.2, 0.25) is 0 Å². The van der Waals surface area contributed by atoms with Gasteiger partial charge in [-0.15, -0.1) is 0 Å². The quantitative estimate of drug-likeness (QED) is 0.597. The smallest absolute Gasteiger partial charge is 0.0295 e. The van der Waals surface area contributed by atoms with Crippen LogP contribution in [0.1, 0.15) is 11.6 Å². The summed E-state index contributed by atoms with van der Waals surface area (Å²) in [6.45, 7) is 3.69. The highest BCUT2D eigenvalue weighted by atomic mass is 14.6. The zero-order valence-electron chi connectivity index (χ0n) is 5.25. The average molecular weight is 120 g/mol. The summed E-state index contributed by atoms with van der Waals surface area (Å²) in [6.07, 6.45) is 0. The van der Waals surface area contributed by atoms with Crippen molar-refractivity contribution in [3.63, 3.8) is 0 Å². The highest BCUT2D eigenvalue weighted by molar-refractivity contribution is 5.18. The first-order chi connectivity index (χ1) is 4.30. The third kappa shape index (κ3) is 1.54. The van der Waals surface area contributed by atoms with Crippen LogP contribution in [0.4, 0.5) is 0 Å². The van der Waals surface area contributed by atoms with Gasteiger partial charge >= 0.3 is 0 Å². The second-order valence-corrected chi connectivity index (χ2v) is 2.02. The van der Waals surface area contributed by atoms with Gasteiger partial charge in [0.25, 0.3) is 0 Å². The van der Waals surface area contributed by atoms with E-state index in [1.807, 2.05) is 30.3 Å². The Labute approximate surface area is 55.5 Å². The van der Waals surface area contributed by atoms with Crippen LogP contribution in [0.5, 0.6) is 0 Å². The van der Waals surface area contributed by atoms with E-state index >= 15 is 0 Å². The molecule has 0 heterocycles. The number of hydrogen-bond donors (Lipinski definition) is 1. The molecule has 1 radical (unpaired) electrons. The van der Waals surface area contributed by atoms with E-state index in [2.05, 4.69) is 6.92 Å². The van der Waals surface area contributed by atoms with Crippen molar-refractivity contribution in [3.05, 3.63) is 42.8 Å². The highest BCUT2D eigenvalue weighted by Crippen LogP contribution is 2.05. The highest BCUT2D eigenvalue weighted by Gasteiger charge is 1.93. The van der Waals surface area contributed by atoms with Gasteiger partial charge in [-0.3, -0.25) is 0 Å². The molecule has 9 heavy (non-hydrogen) atoms. The Morgan fingerprint density at radius 3 is 2.11 bits per heavy atom. The van der Waals surface area contributed by atoms with Gasteiger partial charge in [0.05, 0.1) is 0 Å². The topological polar surface area (TPSA) is 26.0 Å². The minimum atomic E-state index is -0.0915. The number of benzene rings is 1. The van der Waals surface area contributed by atoms with Crippen LogP contribution in [-0.4, -0.2) is 0 Å². The molecule has 0 aliphatic carbocycles. The van der Waals surface area contributed by atoms with Gasteiger partial charge < -0.3 is 5.73 Å². The molecule has 47 valence electrons. The molecule has 0 spiro atoms. The molecule has 1 aromatic carbocycles. The van der Waals surface area contributed by atoms with E-state index in [0.29, 0.717) is 0 Å². The molecule has 0 bridgehead atoms. The van der Waals surface area contributed by atoms with E-state index in [0.717, 1.165) is 5.56 Å². The Bertz CT molecular complexity index is 167. The summed E-state index contributed by atoms with van der Waals surface area (Å²) in [6, 6.07) is 9.73. The summed E-state index contributed by atoms with van der Waals surface area (Å²) in [5.41, 5.74) is 6.58. The summed E-state index contributed by atoms with van der Waals surface area (Å²) < 4.78 is 0. The predicted molar refractivity (Wildman–Crippen MR) is 38.7 cm³/mol. The van der Waals surface area contributed by atoms with Crippen molar-refractivity contribution < 1.29 is 0 Å². The Morgan fingerprint density at radius 1 is 1.22 bits per heavy atom. The summed E-state index contributed by atoms with van der Waals surface area (Å²) in [4.78, 5) is 0. The molecule has 0 aliphatic heterocycles. The van der Waals surface area contributed by atoms with E-state index in [-0.39, 0.29) is 6.04 Å². The van der Waals surface area contributed by atoms with E-state index in [9.17, 15) is 0 Å². The van der Waals surface area contributed by atoms with Gasteiger partial charge in [-0.1, -0.05) is 30.3 Å². The van der Waals surface area contributed by atoms with Crippen LogP contribution in [0, 0.1) is 6.92 Å². The van der Waals surface area contributed by atoms with Gasteiger partial charge in [0.1, 0.15) is 0 Å². The van der Waals surface area contributed by atoms with Crippen molar-refractivity contribution >= 4 is 0 Å². The first-order valence-corrected chi connectivity index (χ1v) is 2.94. The van der Waals surface area contributed by atoms with Crippen LogP contribution < -0.4 is 5.73 Å². The summed E-state index contributed by atoms with van der Waals surface area (Å²) in [5.74, 6) is 0. The van der Waals surface area contributed by atoms with Crippen LogP contribution in [0.25, 0.3) is 0 Å². The zero-order chi connectivity index (χ0) is 6.69. The minimum absolute atomic E-state index is 0.0915. The van der Waals surface area contributed by atoms with Gasteiger partial charge in [-0.25, -0.2) is 0 Å². The van der Waals surface area contributed by atoms with Crippen molar-refractivity contribution in [2.45, 2.75) is 6.04 Å². The molecule has 0 saturated carbocycles. The Hall–Kier alpha value is -0.820. The van der Waals surface area contributed by atoms with Gasteiger partial charge in [0.15, 0.2) is 0 Å². The molecule has 2 N–H and O–H groups in total. The maximum atomic E-state index is 5.50. The molecule has 0 aliphatic rings. The number of hydrogen-bond acceptors (Lipinski definition) is 1. The lowest BCUT2D eigenvalue weighted by molar-refractivity contribution is 0.908. The van der Waals surface area contributed by atoms with Crippen molar-refractivity contribution in [1.82, 2.24) is 0 Å². The molecule has 1 rings (SSSR count). The third-order valence-electron chi connectivity index (χ3n) is 1.23. The lowest BCUT2D eigenvalue weighted by Crippen LogP contribution is -2.04. The molecule has 1 aromatic rings. The zero-order valence-corrected chi connectivity index (χ0v) is 5.25. The molecule has 1 nitrogen and oxygen atoms in total. The molecule has 1 atom stereocenters. The Balaban J connectivity index is 2.85. The van der Waals surface area contributed by atoms with E-state index in [1.165, 1.54) is 0 Å². The first kappa shape index (κ1) is 6.30. The lowest BCUT2D eigenvalue weighted by Gasteiger charge is -2.01. The normalized spacial score (nSPS) is 13.1. The Kier molecular flexibility index (Phi) is 1.85. The number of nitrogens with two attached hydrogens (primary N) is 1. The van der Waals surface area contributed by atoms with Crippen LogP contribution in [0.15, 0.2) is 30.3 Å². The molecule has 0 amide bonds. The van der Waals surface area contributed by atoms with E-state index in [4.69, 9.17) is 5.73 Å². The fourth-order valence-electron chi connectivity index (χ4n) is 0.700. The van der Waals surface area contributed by atoms with Gasteiger partial charge in [0, 0.05) is 6.04 Å². The first-order valence-electron chi connectivity index (χ1n) is 2.94. The average Bonchev–Trinajstić information content (AvgIpc) is 1.90. The predicted octanol–water partition coefficient (Wildman–Crippen LogP) is 1.52. The van der Waals surface area contributed by atoms with Gasteiger partial charge in [-0.2, -0.15) is 0 Å². The van der Waals surface area contributed by atoms with Crippen LogP contribution >= 0.6 is 0 Å². The summed E-state index contributed by atoms with van der Waals surface area (Å²) in [5, 5.41) is 0. The van der Waals surface area contributed by atoms with Crippen molar-refractivity contribution in [3.8, 4) is 0 Å². The SMILES string of the molecule is [CH2][C@@H](N)c1ccccc1. The molecular formula is C8H10N. The van der Waals surface area contributed by atoms with Crippen molar-refractivity contribution in [1.29, 1.82) is 0 Å². The maximum absolute atomic E-state index is 5.50. The second-order valence-electron chi connectivity index (χ2n) is 2.02. The van der Waals surface area contributed by atoms with Crippen LogP contribution in [0.2, 0.25) is 0 Å². The van der Waals surface area contributed by atoms with Crippen LogP contribution in [0.3, 0.4) is 0 Å². The van der Waals surface area contributed by atoms with Gasteiger partial charge in [-0.05, 0) is 12.5 Å². The third-order valence-corrected chi connectivity index (χ3v) is 1.23. The largest absolute Gasteiger partial charge is 0.324 e. The standard InChI is InChI=1S/C8H10N/c1-7(9)8-5-3-2-4-6-8/h2-7H,1,9H2/t7-/m1/s1.